The van der Waals surface area contributed by atoms with E-state index in [2.05, 4.69) is 29.1 Å². The van der Waals surface area contributed by atoms with Gasteiger partial charge in [0.2, 0.25) is 11.9 Å². The van der Waals surface area contributed by atoms with Crippen LogP contribution < -0.4 is 0 Å². The van der Waals surface area contributed by atoms with Gasteiger partial charge in [-0.25, -0.2) is 4.39 Å². The van der Waals surface area contributed by atoms with Crippen molar-refractivity contribution in [2.75, 3.05) is 0 Å². The maximum atomic E-state index is 12.9. The topological polar surface area (TPSA) is 60.5 Å². The highest BCUT2D eigenvalue weighted by Gasteiger charge is 2.29. The van der Waals surface area contributed by atoms with Crippen molar-refractivity contribution in [3.63, 3.8) is 0 Å². The van der Waals surface area contributed by atoms with Gasteiger partial charge in [0.05, 0.1) is 5.71 Å². The molecule has 3 rings (SSSR count). The Morgan fingerprint density at radius 2 is 2.00 bits per heavy atom. The Bertz CT molecular complexity index is 634. The molecule has 0 bridgehead atoms. The van der Waals surface area contributed by atoms with Crippen LogP contribution in [-0.4, -0.2) is 15.9 Å². The molecule has 0 N–H and O–H groups in total. The summed E-state index contributed by atoms with van der Waals surface area (Å²) in [7, 11) is 0. The highest BCUT2D eigenvalue weighted by molar-refractivity contribution is 5.87. The molecule has 0 saturated heterocycles. The molecule has 1 atom stereocenters. The molecule has 5 nitrogen and oxygen atoms in total. The van der Waals surface area contributed by atoms with Crippen molar-refractivity contribution in [3.8, 4) is 11.4 Å². The molecule has 2 aromatic rings. The van der Waals surface area contributed by atoms with Crippen LogP contribution >= 0.6 is 0 Å². The van der Waals surface area contributed by atoms with Gasteiger partial charge in [-0.05, 0) is 30.2 Å². The lowest BCUT2D eigenvalue weighted by Crippen LogP contribution is -2.06. The van der Waals surface area contributed by atoms with Crippen LogP contribution in [0.4, 0.5) is 4.39 Å². The summed E-state index contributed by atoms with van der Waals surface area (Å²) in [5.74, 6) is 0.844. The van der Waals surface area contributed by atoms with Gasteiger partial charge in [-0.1, -0.05) is 24.2 Å². The fourth-order valence-corrected chi connectivity index (χ4v) is 1.95. The van der Waals surface area contributed by atoms with E-state index in [1.807, 2.05) is 0 Å². The second-order valence-corrected chi connectivity index (χ2v) is 5.00. The van der Waals surface area contributed by atoms with E-state index in [4.69, 9.17) is 9.36 Å². The van der Waals surface area contributed by atoms with E-state index >= 15 is 0 Å². The van der Waals surface area contributed by atoms with Crippen molar-refractivity contribution < 1.29 is 13.8 Å². The van der Waals surface area contributed by atoms with Crippen molar-refractivity contribution in [2.45, 2.75) is 26.4 Å². The standard InChI is InChI=1S/C14H14FN3O2/c1-8(2)11-7-12(19-17-11)14-16-13(18-20-14)9-3-5-10(15)6-4-9/h3-6,8,12H,7H2,1-2H3. The molecule has 2 heterocycles. The van der Waals surface area contributed by atoms with Gasteiger partial charge in [0.1, 0.15) is 5.82 Å². The highest BCUT2D eigenvalue weighted by atomic mass is 19.1. The van der Waals surface area contributed by atoms with Crippen LogP contribution in [-0.2, 0) is 4.84 Å². The van der Waals surface area contributed by atoms with Crippen LogP contribution in [0.15, 0.2) is 33.9 Å². The molecule has 0 radical (unpaired) electrons. The number of nitrogens with zero attached hydrogens (tertiary/aromatic N) is 3. The van der Waals surface area contributed by atoms with Crippen LogP contribution in [0.1, 0.15) is 32.3 Å². The summed E-state index contributed by atoms with van der Waals surface area (Å²) in [6.07, 6.45) is 0.331. The smallest absolute Gasteiger partial charge is 0.271 e. The third kappa shape index (κ3) is 2.41. The Labute approximate surface area is 115 Å². The molecule has 20 heavy (non-hydrogen) atoms. The number of benzene rings is 1. The van der Waals surface area contributed by atoms with E-state index in [-0.39, 0.29) is 11.9 Å². The lowest BCUT2D eigenvalue weighted by molar-refractivity contribution is 0.0599. The second kappa shape index (κ2) is 5.03. The summed E-state index contributed by atoms with van der Waals surface area (Å²) in [5.41, 5.74) is 1.68. The third-order valence-electron chi connectivity index (χ3n) is 3.18. The van der Waals surface area contributed by atoms with Crippen molar-refractivity contribution in [2.24, 2.45) is 11.1 Å². The molecule has 1 aromatic heterocycles. The van der Waals surface area contributed by atoms with E-state index in [0.29, 0.717) is 29.6 Å². The largest absolute Gasteiger partial charge is 0.382 e. The number of rotatable bonds is 3. The summed E-state index contributed by atoms with van der Waals surface area (Å²) in [6, 6.07) is 5.93. The van der Waals surface area contributed by atoms with E-state index in [1.165, 1.54) is 12.1 Å². The SMILES string of the molecule is CC(C)C1=NOC(c2nc(-c3ccc(F)cc3)no2)C1. The molecule has 1 unspecified atom stereocenters. The first-order valence-electron chi connectivity index (χ1n) is 6.45. The molecule has 0 spiro atoms. The zero-order chi connectivity index (χ0) is 14.1. The summed E-state index contributed by atoms with van der Waals surface area (Å²) in [4.78, 5) is 9.60. The Kier molecular flexibility index (Phi) is 3.22. The highest BCUT2D eigenvalue weighted by Crippen LogP contribution is 2.29. The minimum Gasteiger partial charge on any atom is -0.382 e. The third-order valence-corrected chi connectivity index (χ3v) is 3.18. The molecule has 0 aliphatic carbocycles. The first-order chi connectivity index (χ1) is 9.63. The zero-order valence-corrected chi connectivity index (χ0v) is 11.2. The molecular formula is C14H14FN3O2. The Morgan fingerprint density at radius 3 is 2.65 bits per heavy atom. The number of aromatic nitrogens is 2. The van der Waals surface area contributed by atoms with E-state index in [9.17, 15) is 4.39 Å². The van der Waals surface area contributed by atoms with Crippen molar-refractivity contribution in [1.29, 1.82) is 0 Å². The van der Waals surface area contributed by atoms with E-state index < -0.39 is 0 Å². The average molecular weight is 275 g/mol. The molecule has 1 aliphatic heterocycles. The predicted octanol–water partition coefficient (Wildman–Crippen LogP) is 3.35. The average Bonchev–Trinajstić information content (AvgIpc) is 3.08. The molecule has 104 valence electrons. The predicted molar refractivity (Wildman–Crippen MR) is 70.4 cm³/mol. The van der Waals surface area contributed by atoms with Gasteiger partial charge >= 0.3 is 0 Å². The van der Waals surface area contributed by atoms with E-state index in [1.54, 1.807) is 12.1 Å². The van der Waals surface area contributed by atoms with Crippen molar-refractivity contribution in [1.82, 2.24) is 10.1 Å². The first kappa shape index (κ1) is 12.8. The van der Waals surface area contributed by atoms with E-state index in [0.717, 1.165) is 5.71 Å². The van der Waals surface area contributed by atoms with Crippen molar-refractivity contribution in [3.05, 3.63) is 36.0 Å². The minimum absolute atomic E-state index is 0.299. The van der Waals surface area contributed by atoms with Crippen LogP contribution in [0.5, 0.6) is 0 Å². The molecule has 0 amide bonds. The molecular weight excluding hydrogens is 261 g/mol. The Hall–Kier alpha value is -2.24. The normalized spacial score (nSPS) is 18.2. The fraction of sp³-hybridized carbons (Fsp3) is 0.357. The molecule has 1 aliphatic rings. The Balaban J connectivity index is 1.77. The first-order valence-corrected chi connectivity index (χ1v) is 6.45. The van der Waals surface area contributed by atoms with Gasteiger partial charge in [-0.2, -0.15) is 4.98 Å². The molecule has 0 fully saturated rings. The summed E-state index contributed by atoms with van der Waals surface area (Å²) in [6.45, 7) is 4.12. The fourth-order valence-electron chi connectivity index (χ4n) is 1.95. The lowest BCUT2D eigenvalue weighted by Gasteiger charge is -2.02. The number of hydrogen-bond acceptors (Lipinski definition) is 5. The van der Waals surface area contributed by atoms with Gasteiger partial charge in [-0.15, -0.1) is 0 Å². The van der Waals surface area contributed by atoms with Crippen LogP contribution in [0.3, 0.4) is 0 Å². The second-order valence-electron chi connectivity index (χ2n) is 5.00. The van der Waals surface area contributed by atoms with Crippen LogP contribution in [0, 0.1) is 11.7 Å². The van der Waals surface area contributed by atoms with Gasteiger partial charge in [0.15, 0.2) is 0 Å². The van der Waals surface area contributed by atoms with Gasteiger partial charge in [0.25, 0.3) is 5.89 Å². The Morgan fingerprint density at radius 1 is 1.25 bits per heavy atom. The van der Waals surface area contributed by atoms with Crippen molar-refractivity contribution >= 4 is 5.71 Å². The quantitative estimate of drug-likeness (QED) is 0.861. The lowest BCUT2D eigenvalue weighted by atomic mass is 10.0. The van der Waals surface area contributed by atoms with Crippen LogP contribution in [0.2, 0.25) is 0 Å². The number of halogens is 1. The number of hydrogen-bond donors (Lipinski definition) is 0. The van der Waals surface area contributed by atoms with Gasteiger partial charge in [0, 0.05) is 12.0 Å². The van der Waals surface area contributed by atoms with Gasteiger partial charge in [-0.3, -0.25) is 0 Å². The van der Waals surface area contributed by atoms with Crippen LogP contribution in [0.25, 0.3) is 11.4 Å². The molecule has 0 saturated carbocycles. The zero-order valence-electron chi connectivity index (χ0n) is 11.2. The molecule has 1 aromatic carbocycles. The summed E-state index contributed by atoms with van der Waals surface area (Å²) < 4.78 is 18.1. The number of oxime groups is 1. The minimum atomic E-state index is -0.325. The maximum Gasteiger partial charge on any atom is 0.271 e. The van der Waals surface area contributed by atoms with Gasteiger partial charge < -0.3 is 9.36 Å². The monoisotopic (exact) mass is 275 g/mol. The molecule has 6 heteroatoms. The summed E-state index contributed by atoms with van der Waals surface area (Å²) in [5, 5.41) is 7.92. The maximum absolute atomic E-state index is 12.9. The summed E-state index contributed by atoms with van der Waals surface area (Å²) >= 11 is 0.